The van der Waals surface area contributed by atoms with Crippen LogP contribution in [0.4, 0.5) is 0 Å². The Labute approximate surface area is 148 Å². The van der Waals surface area contributed by atoms with Crippen LogP contribution < -0.4 is 5.32 Å². The van der Waals surface area contributed by atoms with Gasteiger partial charge in [0.25, 0.3) is 5.91 Å². The molecule has 1 atom stereocenters. The van der Waals surface area contributed by atoms with E-state index >= 15 is 0 Å². The number of nitrogens with one attached hydrogen (secondary N) is 1. The molecule has 0 saturated carbocycles. The normalized spacial score (nSPS) is 12.0. The number of nitrogens with zero attached hydrogens (tertiary/aromatic N) is 1. The molecule has 0 aliphatic rings. The molecule has 0 heterocycles. The van der Waals surface area contributed by atoms with Crippen LogP contribution in [0.25, 0.3) is 10.8 Å². The summed E-state index contributed by atoms with van der Waals surface area (Å²) in [6.45, 7) is 4.82. The van der Waals surface area contributed by atoms with Crippen molar-refractivity contribution in [2.45, 2.75) is 32.7 Å². The van der Waals surface area contributed by atoms with Crippen LogP contribution in [0.15, 0.2) is 42.5 Å². The fourth-order valence-electron chi connectivity index (χ4n) is 2.85. The number of hydrogen-bond donors (Lipinski definition) is 2. The molecule has 0 aliphatic heterocycles. The van der Waals surface area contributed by atoms with E-state index in [1.165, 1.54) is 0 Å². The summed E-state index contributed by atoms with van der Waals surface area (Å²) in [5.41, 5.74) is 0.475. The standard InChI is InChI=1S/C20H26N2O3/c1-3-11-22(12-4-2)20(25)18(14-23)21-19(24)17-10-9-15-7-5-6-8-16(15)13-17/h5-10,13,18,23H,3-4,11-12,14H2,1-2H3,(H,21,24). The zero-order valence-corrected chi connectivity index (χ0v) is 14.9. The molecule has 0 saturated heterocycles. The number of fused-ring (bicyclic) bond motifs is 1. The number of carbonyl (C=O) groups is 2. The van der Waals surface area contributed by atoms with Crippen LogP contribution in [0.3, 0.4) is 0 Å². The summed E-state index contributed by atoms with van der Waals surface area (Å²) in [6, 6.07) is 12.2. The van der Waals surface area contributed by atoms with Crippen LogP contribution in [0.5, 0.6) is 0 Å². The number of hydrogen-bond acceptors (Lipinski definition) is 3. The third kappa shape index (κ3) is 4.79. The van der Waals surface area contributed by atoms with Gasteiger partial charge in [-0.1, -0.05) is 44.2 Å². The van der Waals surface area contributed by atoms with Crippen LogP contribution in [-0.4, -0.2) is 47.6 Å². The quantitative estimate of drug-likeness (QED) is 0.775. The Balaban J connectivity index is 2.13. The van der Waals surface area contributed by atoms with E-state index in [2.05, 4.69) is 5.32 Å². The van der Waals surface area contributed by atoms with Gasteiger partial charge in [-0.2, -0.15) is 0 Å². The molecule has 0 radical (unpaired) electrons. The van der Waals surface area contributed by atoms with Crippen molar-refractivity contribution in [1.82, 2.24) is 10.2 Å². The highest BCUT2D eigenvalue weighted by Gasteiger charge is 2.25. The Bertz CT molecular complexity index is 724. The minimum atomic E-state index is -0.919. The third-order valence-electron chi connectivity index (χ3n) is 4.10. The molecule has 2 N–H and O–H groups in total. The van der Waals surface area contributed by atoms with Crippen LogP contribution in [0, 0.1) is 0 Å². The highest BCUT2D eigenvalue weighted by atomic mass is 16.3. The summed E-state index contributed by atoms with van der Waals surface area (Å²) in [5, 5.41) is 14.3. The van der Waals surface area contributed by atoms with Crippen molar-refractivity contribution in [3.05, 3.63) is 48.0 Å². The molecule has 0 bridgehead atoms. The summed E-state index contributed by atoms with van der Waals surface area (Å²) in [6.07, 6.45) is 1.67. The van der Waals surface area contributed by atoms with E-state index in [9.17, 15) is 14.7 Å². The highest BCUT2D eigenvalue weighted by molar-refractivity contribution is 6.00. The van der Waals surface area contributed by atoms with Gasteiger partial charge in [0.2, 0.25) is 5.91 Å². The van der Waals surface area contributed by atoms with Gasteiger partial charge in [-0.25, -0.2) is 0 Å². The van der Waals surface area contributed by atoms with Gasteiger partial charge in [-0.05, 0) is 35.7 Å². The Kier molecular flexibility index (Phi) is 6.95. The molecule has 2 amide bonds. The molecule has 0 aromatic heterocycles. The van der Waals surface area contributed by atoms with E-state index in [0.29, 0.717) is 18.7 Å². The van der Waals surface area contributed by atoms with Crippen LogP contribution in [0.1, 0.15) is 37.0 Å². The Morgan fingerprint density at radius 1 is 1.04 bits per heavy atom. The number of aliphatic hydroxyl groups excluding tert-OH is 1. The molecule has 2 aromatic rings. The zero-order chi connectivity index (χ0) is 18.2. The van der Waals surface area contributed by atoms with Crippen LogP contribution >= 0.6 is 0 Å². The second-order valence-corrected chi connectivity index (χ2v) is 6.10. The van der Waals surface area contributed by atoms with E-state index in [-0.39, 0.29) is 11.8 Å². The molecular formula is C20H26N2O3. The Morgan fingerprint density at radius 3 is 2.28 bits per heavy atom. The molecule has 25 heavy (non-hydrogen) atoms. The molecule has 5 nitrogen and oxygen atoms in total. The van der Waals surface area contributed by atoms with Gasteiger partial charge in [0.05, 0.1) is 6.61 Å². The minimum Gasteiger partial charge on any atom is -0.394 e. The second-order valence-electron chi connectivity index (χ2n) is 6.10. The Morgan fingerprint density at radius 2 is 1.68 bits per heavy atom. The van der Waals surface area contributed by atoms with Crippen molar-refractivity contribution >= 4 is 22.6 Å². The smallest absolute Gasteiger partial charge is 0.252 e. The van der Waals surface area contributed by atoms with Gasteiger partial charge in [-0.15, -0.1) is 0 Å². The molecule has 5 heteroatoms. The second kappa shape index (κ2) is 9.18. The fraction of sp³-hybridized carbons (Fsp3) is 0.400. The summed E-state index contributed by atoms with van der Waals surface area (Å²) >= 11 is 0. The van der Waals surface area contributed by atoms with E-state index in [0.717, 1.165) is 23.6 Å². The number of carbonyl (C=O) groups excluding carboxylic acids is 2. The lowest BCUT2D eigenvalue weighted by Crippen LogP contribution is -2.51. The predicted molar refractivity (Wildman–Crippen MR) is 99.5 cm³/mol. The number of amides is 2. The number of benzene rings is 2. The highest BCUT2D eigenvalue weighted by Crippen LogP contribution is 2.15. The van der Waals surface area contributed by atoms with Crippen molar-refractivity contribution in [2.75, 3.05) is 19.7 Å². The van der Waals surface area contributed by atoms with Crippen LogP contribution in [0.2, 0.25) is 0 Å². The number of rotatable bonds is 8. The average Bonchev–Trinajstić information content (AvgIpc) is 2.64. The lowest BCUT2D eigenvalue weighted by atomic mass is 10.1. The van der Waals surface area contributed by atoms with Crippen molar-refractivity contribution in [2.24, 2.45) is 0 Å². The largest absolute Gasteiger partial charge is 0.394 e. The van der Waals surface area contributed by atoms with Gasteiger partial charge in [-0.3, -0.25) is 9.59 Å². The zero-order valence-electron chi connectivity index (χ0n) is 14.9. The van der Waals surface area contributed by atoms with Crippen molar-refractivity contribution in [3.63, 3.8) is 0 Å². The third-order valence-corrected chi connectivity index (χ3v) is 4.10. The minimum absolute atomic E-state index is 0.236. The first-order chi connectivity index (χ1) is 12.1. The van der Waals surface area contributed by atoms with Crippen LogP contribution in [-0.2, 0) is 4.79 Å². The maximum Gasteiger partial charge on any atom is 0.252 e. The molecular weight excluding hydrogens is 316 g/mol. The maximum absolute atomic E-state index is 12.6. The lowest BCUT2D eigenvalue weighted by molar-refractivity contribution is -0.134. The van der Waals surface area contributed by atoms with Gasteiger partial charge in [0, 0.05) is 18.7 Å². The van der Waals surface area contributed by atoms with Gasteiger partial charge in [0.15, 0.2) is 0 Å². The first kappa shape index (κ1) is 18.9. The summed E-state index contributed by atoms with van der Waals surface area (Å²) in [5.74, 6) is -0.591. The predicted octanol–water partition coefficient (Wildman–Crippen LogP) is 2.58. The van der Waals surface area contributed by atoms with Crippen molar-refractivity contribution in [3.8, 4) is 0 Å². The summed E-state index contributed by atoms with van der Waals surface area (Å²) < 4.78 is 0. The van der Waals surface area contributed by atoms with E-state index in [1.54, 1.807) is 17.0 Å². The van der Waals surface area contributed by atoms with Crippen molar-refractivity contribution in [1.29, 1.82) is 0 Å². The van der Waals surface area contributed by atoms with Gasteiger partial charge >= 0.3 is 0 Å². The summed E-state index contributed by atoms with van der Waals surface area (Å²) in [7, 11) is 0. The molecule has 0 spiro atoms. The molecule has 1 unspecified atom stereocenters. The lowest BCUT2D eigenvalue weighted by Gasteiger charge is -2.26. The topological polar surface area (TPSA) is 69.6 Å². The molecule has 2 rings (SSSR count). The monoisotopic (exact) mass is 342 g/mol. The van der Waals surface area contributed by atoms with E-state index in [1.807, 2.05) is 44.2 Å². The van der Waals surface area contributed by atoms with Crippen molar-refractivity contribution < 1.29 is 14.7 Å². The maximum atomic E-state index is 12.6. The SMILES string of the molecule is CCCN(CCC)C(=O)C(CO)NC(=O)c1ccc2ccccc2c1. The Hall–Kier alpha value is -2.40. The molecule has 2 aromatic carbocycles. The van der Waals surface area contributed by atoms with E-state index in [4.69, 9.17) is 0 Å². The molecule has 0 fully saturated rings. The first-order valence-corrected chi connectivity index (χ1v) is 8.80. The summed E-state index contributed by atoms with van der Waals surface area (Å²) in [4.78, 5) is 26.8. The fourth-order valence-corrected chi connectivity index (χ4v) is 2.85. The molecule has 0 aliphatic carbocycles. The number of aliphatic hydroxyl groups is 1. The average molecular weight is 342 g/mol. The first-order valence-electron chi connectivity index (χ1n) is 8.80. The van der Waals surface area contributed by atoms with E-state index < -0.39 is 12.6 Å². The van der Waals surface area contributed by atoms with Gasteiger partial charge in [0.1, 0.15) is 6.04 Å². The van der Waals surface area contributed by atoms with Gasteiger partial charge < -0.3 is 15.3 Å². The molecule has 134 valence electrons.